The molecule has 0 saturated heterocycles. The van der Waals surface area contributed by atoms with Crippen LogP contribution in [0.2, 0.25) is 0 Å². The lowest BCUT2D eigenvalue weighted by Crippen LogP contribution is -2.24. The van der Waals surface area contributed by atoms with Crippen LogP contribution < -0.4 is 4.74 Å². The number of carbonyl (C=O) groups is 1. The average Bonchev–Trinajstić information content (AvgIpc) is 3.31. The summed E-state index contributed by atoms with van der Waals surface area (Å²) in [6.07, 6.45) is -0.747. The molecule has 0 amide bonds. The van der Waals surface area contributed by atoms with E-state index < -0.39 is 6.10 Å². The minimum atomic E-state index is -0.747. The van der Waals surface area contributed by atoms with Crippen molar-refractivity contribution in [2.75, 3.05) is 13.2 Å². The van der Waals surface area contributed by atoms with Crippen LogP contribution in [-0.2, 0) is 24.1 Å². The van der Waals surface area contributed by atoms with Crippen molar-refractivity contribution >= 4 is 44.6 Å². The average molecular weight is 573 g/mol. The second-order valence-corrected chi connectivity index (χ2v) is 10.5. The van der Waals surface area contributed by atoms with Crippen LogP contribution in [0.5, 0.6) is 5.75 Å². The zero-order valence-electron chi connectivity index (χ0n) is 20.8. The van der Waals surface area contributed by atoms with E-state index >= 15 is 0 Å². The number of hydrogen-bond acceptors (Lipinski definition) is 6. The highest BCUT2D eigenvalue weighted by Crippen LogP contribution is 2.37. The Morgan fingerprint density at radius 3 is 2.61 bits per heavy atom. The number of fused-ring (bicyclic) bond motifs is 1. The number of thioether (sulfide) groups is 1. The topological polar surface area (TPSA) is 78.5 Å². The molecule has 2 aromatic carbocycles. The minimum Gasteiger partial charge on any atom is -0.490 e. The number of aliphatic hydroxyl groups excluding tert-OH is 1. The van der Waals surface area contributed by atoms with Crippen molar-refractivity contribution in [3.8, 4) is 5.75 Å². The van der Waals surface area contributed by atoms with Crippen LogP contribution in [0.25, 0.3) is 10.9 Å². The maximum absolute atomic E-state index is 13.1. The fourth-order valence-corrected chi connectivity index (χ4v) is 5.60. The Balaban J connectivity index is 1.61. The SMILES string of the molecule is CCOC(=O)c1c(CSc2ccccc2)n(C)c2cc(Br)c(OCC(O)Cn3nc(C)cc3C)cc12. The highest BCUT2D eigenvalue weighted by Gasteiger charge is 2.24. The van der Waals surface area contributed by atoms with Crippen LogP contribution in [-0.4, -0.2) is 44.7 Å². The maximum Gasteiger partial charge on any atom is 0.340 e. The highest BCUT2D eigenvalue weighted by atomic mass is 79.9. The van der Waals surface area contributed by atoms with Gasteiger partial charge in [0.2, 0.25) is 0 Å². The van der Waals surface area contributed by atoms with Gasteiger partial charge in [0.05, 0.1) is 34.4 Å². The summed E-state index contributed by atoms with van der Waals surface area (Å²) in [5, 5.41) is 15.7. The van der Waals surface area contributed by atoms with Crippen molar-refractivity contribution in [3.05, 3.63) is 75.6 Å². The molecule has 2 aromatic heterocycles. The summed E-state index contributed by atoms with van der Waals surface area (Å²) in [4.78, 5) is 14.2. The lowest BCUT2D eigenvalue weighted by Gasteiger charge is -2.15. The van der Waals surface area contributed by atoms with Gasteiger partial charge < -0.3 is 19.1 Å². The Morgan fingerprint density at radius 1 is 1.19 bits per heavy atom. The standard InChI is InChI=1S/C27H30BrN3O4S/c1-5-34-27(33)26-21-12-25(35-15-19(32)14-31-18(3)11-17(2)29-31)22(28)13-23(21)30(4)24(26)16-36-20-9-7-6-8-10-20/h6-13,19,32H,5,14-16H2,1-4H3. The van der Waals surface area contributed by atoms with Crippen molar-refractivity contribution in [1.29, 1.82) is 0 Å². The summed E-state index contributed by atoms with van der Waals surface area (Å²) in [7, 11) is 1.96. The molecule has 1 unspecified atom stereocenters. The van der Waals surface area contributed by atoms with E-state index in [4.69, 9.17) is 9.47 Å². The minimum absolute atomic E-state index is 0.0841. The first kappa shape index (κ1) is 26.3. The van der Waals surface area contributed by atoms with Gasteiger partial charge in [-0.05, 0) is 67.0 Å². The smallest absolute Gasteiger partial charge is 0.340 e. The number of halogens is 1. The zero-order chi connectivity index (χ0) is 25.8. The van der Waals surface area contributed by atoms with Crippen molar-refractivity contribution in [2.45, 2.75) is 44.1 Å². The van der Waals surface area contributed by atoms with Gasteiger partial charge in [0.1, 0.15) is 18.5 Å². The van der Waals surface area contributed by atoms with E-state index in [-0.39, 0.29) is 12.6 Å². The molecule has 2 heterocycles. The predicted octanol–water partition coefficient (Wildman–Crippen LogP) is 5.66. The Kier molecular flexibility index (Phi) is 8.43. The molecule has 190 valence electrons. The van der Waals surface area contributed by atoms with Gasteiger partial charge in [-0.2, -0.15) is 5.10 Å². The molecular formula is C27H30BrN3O4S. The molecule has 9 heteroatoms. The Hall–Kier alpha value is -2.75. The van der Waals surface area contributed by atoms with Crippen LogP contribution in [0.3, 0.4) is 0 Å². The number of nitrogens with zero attached hydrogens (tertiary/aromatic N) is 3. The number of hydrogen-bond donors (Lipinski definition) is 1. The molecule has 7 nitrogen and oxygen atoms in total. The van der Waals surface area contributed by atoms with Gasteiger partial charge in [-0.1, -0.05) is 18.2 Å². The molecule has 0 spiro atoms. The second-order valence-electron chi connectivity index (χ2n) is 8.58. The van der Waals surface area contributed by atoms with E-state index in [9.17, 15) is 9.90 Å². The number of aliphatic hydroxyl groups is 1. The molecule has 0 aliphatic carbocycles. The summed E-state index contributed by atoms with van der Waals surface area (Å²) in [5.74, 6) is 0.802. The van der Waals surface area contributed by atoms with Crippen molar-refractivity contribution in [3.63, 3.8) is 0 Å². The van der Waals surface area contributed by atoms with Crippen LogP contribution in [0, 0.1) is 13.8 Å². The summed E-state index contributed by atoms with van der Waals surface area (Å²) >= 11 is 5.27. The molecule has 0 fully saturated rings. The number of carbonyl (C=O) groups excluding carboxylic acids is 1. The second kappa shape index (κ2) is 11.5. The molecule has 36 heavy (non-hydrogen) atoms. The van der Waals surface area contributed by atoms with E-state index in [1.165, 1.54) is 0 Å². The van der Waals surface area contributed by atoms with E-state index in [1.54, 1.807) is 23.4 Å². The molecular weight excluding hydrogens is 542 g/mol. The van der Waals surface area contributed by atoms with Crippen molar-refractivity contribution < 1.29 is 19.4 Å². The fraction of sp³-hybridized carbons (Fsp3) is 0.333. The summed E-state index contributed by atoms with van der Waals surface area (Å²) in [5.41, 5.74) is 4.21. The van der Waals surface area contributed by atoms with Gasteiger partial charge in [-0.25, -0.2) is 4.79 Å². The number of esters is 1. The maximum atomic E-state index is 13.1. The normalized spacial score (nSPS) is 12.2. The molecule has 4 rings (SSSR count). The molecule has 1 atom stereocenters. The van der Waals surface area contributed by atoms with E-state index in [2.05, 4.69) is 33.2 Å². The van der Waals surface area contributed by atoms with Crippen LogP contribution >= 0.6 is 27.7 Å². The molecule has 0 bridgehead atoms. The summed E-state index contributed by atoms with van der Waals surface area (Å²) < 4.78 is 16.0. The molecule has 0 aliphatic rings. The van der Waals surface area contributed by atoms with Crippen LogP contribution in [0.15, 0.2) is 57.9 Å². The molecule has 4 aromatic rings. The molecule has 1 N–H and O–H groups in total. The number of benzene rings is 2. The van der Waals surface area contributed by atoms with Crippen molar-refractivity contribution in [2.24, 2.45) is 7.05 Å². The Bertz CT molecular complexity index is 1370. The van der Waals surface area contributed by atoms with Gasteiger partial charge in [0, 0.05) is 34.5 Å². The molecule has 0 aliphatic heterocycles. The predicted molar refractivity (Wildman–Crippen MR) is 146 cm³/mol. The highest BCUT2D eigenvalue weighted by molar-refractivity contribution is 9.10. The van der Waals surface area contributed by atoms with E-state index in [0.29, 0.717) is 30.2 Å². The quantitative estimate of drug-likeness (QED) is 0.195. The van der Waals surface area contributed by atoms with Gasteiger partial charge in [0.25, 0.3) is 0 Å². The van der Waals surface area contributed by atoms with Crippen LogP contribution in [0.4, 0.5) is 0 Å². The fourth-order valence-electron chi connectivity index (χ4n) is 4.17. The number of rotatable bonds is 10. The third kappa shape index (κ3) is 5.79. The number of aryl methyl sites for hydroxylation is 3. The largest absolute Gasteiger partial charge is 0.490 e. The number of ether oxygens (including phenoxy) is 2. The Morgan fingerprint density at radius 2 is 1.94 bits per heavy atom. The third-order valence-corrected chi connectivity index (χ3v) is 7.53. The van der Waals surface area contributed by atoms with E-state index in [0.717, 1.165) is 37.4 Å². The summed E-state index contributed by atoms with van der Waals surface area (Å²) in [6.45, 7) is 6.39. The molecule has 0 radical (unpaired) electrons. The first-order chi connectivity index (χ1) is 17.3. The molecule has 0 saturated carbocycles. The third-order valence-electron chi connectivity index (χ3n) is 5.89. The van der Waals surface area contributed by atoms with Gasteiger partial charge in [-0.15, -0.1) is 11.8 Å². The first-order valence-electron chi connectivity index (χ1n) is 11.8. The first-order valence-corrected chi connectivity index (χ1v) is 13.5. The van der Waals surface area contributed by atoms with Crippen molar-refractivity contribution in [1.82, 2.24) is 14.3 Å². The van der Waals surface area contributed by atoms with Gasteiger partial charge in [0.15, 0.2) is 0 Å². The zero-order valence-corrected chi connectivity index (χ0v) is 23.2. The Labute approximate surface area is 223 Å². The number of aromatic nitrogens is 3. The van der Waals surface area contributed by atoms with E-state index in [1.807, 2.05) is 61.9 Å². The summed E-state index contributed by atoms with van der Waals surface area (Å²) in [6, 6.07) is 15.8. The van der Waals surface area contributed by atoms with Gasteiger partial charge >= 0.3 is 5.97 Å². The lowest BCUT2D eigenvalue weighted by molar-refractivity contribution is 0.0527. The monoisotopic (exact) mass is 571 g/mol. The lowest BCUT2D eigenvalue weighted by atomic mass is 10.1. The van der Waals surface area contributed by atoms with Gasteiger partial charge in [-0.3, -0.25) is 4.68 Å². The van der Waals surface area contributed by atoms with Crippen LogP contribution in [0.1, 0.15) is 34.4 Å².